The first-order valence-electron chi connectivity index (χ1n) is 8.04. The average molecular weight is 288 g/mol. The highest BCUT2D eigenvalue weighted by Gasteiger charge is 2.09. The molecule has 3 nitrogen and oxygen atoms in total. The lowest BCUT2D eigenvalue weighted by molar-refractivity contribution is 0.367. The Bertz CT molecular complexity index is 422. The van der Waals surface area contributed by atoms with Crippen molar-refractivity contribution in [3.05, 3.63) is 29.8 Å². The Morgan fingerprint density at radius 1 is 1.24 bits per heavy atom. The first-order valence-corrected chi connectivity index (χ1v) is 8.04. The first kappa shape index (κ1) is 17.5. The molecule has 0 aromatic heterocycles. The lowest BCUT2D eigenvalue weighted by Gasteiger charge is -2.20. The van der Waals surface area contributed by atoms with Crippen molar-refractivity contribution in [2.45, 2.75) is 52.5 Å². The van der Waals surface area contributed by atoms with Crippen LogP contribution in [0.1, 0.15) is 58.1 Å². The summed E-state index contributed by atoms with van der Waals surface area (Å²) in [5.41, 5.74) is 1.25. The van der Waals surface area contributed by atoms with Gasteiger partial charge >= 0.3 is 0 Å². The number of unbranched alkanes of at least 4 members (excludes halogenated alkanes) is 1. The minimum absolute atomic E-state index is 0.1000. The molecular weight excluding hydrogens is 260 g/mol. The van der Waals surface area contributed by atoms with Crippen molar-refractivity contribution in [1.82, 2.24) is 5.32 Å². The number of hydrogen-bond acceptors (Lipinski definition) is 3. The molecule has 0 radical (unpaired) electrons. The Kier molecular flexibility index (Phi) is 8.54. The molecule has 2 unspecified atom stereocenters. The van der Waals surface area contributed by atoms with Crippen molar-refractivity contribution in [3.8, 4) is 11.8 Å². The highest BCUT2D eigenvalue weighted by Crippen LogP contribution is 2.19. The third-order valence-corrected chi connectivity index (χ3v) is 3.94. The van der Waals surface area contributed by atoms with Gasteiger partial charge in [-0.15, -0.1) is 0 Å². The Labute approximate surface area is 129 Å². The van der Waals surface area contributed by atoms with E-state index in [4.69, 9.17) is 10.00 Å². The molecule has 1 rings (SSSR count). The molecule has 0 aliphatic carbocycles. The summed E-state index contributed by atoms with van der Waals surface area (Å²) in [5.74, 6) is 1.52. The van der Waals surface area contributed by atoms with E-state index in [2.05, 4.69) is 38.2 Å². The zero-order valence-electron chi connectivity index (χ0n) is 13.6. The molecule has 1 aromatic carbocycles. The molecule has 21 heavy (non-hydrogen) atoms. The van der Waals surface area contributed by atoms with E-state index in [1.54, 1.807) is 0 Å². The maximum Gasteiger partial charge on any atom is 0.174 e. The smallest absolute Gasteiger partial charge is 0.174 e. The van der Waals surface area contributed by atoms with Crippen LogP contribution in [0.4, 0.5) is 0 Å². The van der Waals surface area contributed by atoms with Gasteiger partial charge in [0.05, 0.1) is 0 Å². The Balaban J connectivity index is 2.43. The quantitative estimate of drug-likeness (QED) is 0.691. The van der Waals surface area contributed by atoms with Crippen molar-refractivity contribution in [1.29, 1.82) is 5.26 Å². The largest absolute Gasteiger partial charge is 0.479 e. The van der Waals surface area contributed by atoms with Crippen LogP contribution in [0.2, 0.25) is 0 Å². The molecule has 3 heteroatoms. The van der Waals surface area contributed by atoms with E-state index in [0.717, 1.165) is 18.2 Å². The minimum Gasteiger partial charge on any atom is -0.479 e. The standard InChI is InChI=1S/C18H28N2O/c1-4-6-7-16(5-2)14-20-15(3)17-8-10-18(11-9-17)21-13-12-19/h8-11,15-16,20H,4-7,13-14H2,1-3H3. The summed E-state index contributed by atoms with van der Waals surface area (Å²) in [6.45, 7) is 7.89. The molecule has 0 bridgehead atoms. The van der Waals surface area contributed by atoms with E-state index in [1.807, 2.05) is 18.2 Å². The molecule has 0 aliphatic heterocycles. The zero-order chi connectivity index (χ0) is 15.5. The van der Waals surface area contributed by atoms with Gasteiger partial charge in [0.25, 0.3) is 0 Å². The molecule has 0 saturated carbocycles. The average Bonchev–Trinajstić information content (AvgIpc) is 2.53. The Morgan fingerprint density at radius 2 is 1.95 bits per heavy atom. The summed E-state index contributed by atoms with van der Waals surface area (Å²) >= 11 is 0. The number of rotatable bonds is 10. The maximum absolute atomic E-state index is 8.49. The lowest BCUT2D eigenvalue weighted by Crippen LogP contribution is -2.25. The van der Waals surface area contributed by atoms with Crippen molar-refractivity contribution < 1.29 is 4.74 Å². The number of benzene rings is 1. The fourth-order valence-corrected chi connectivity index (χ4v) is 2.37. The van der Waals surface area contributed by atoms with Crippen molar-refractivity contribution in [2.75, 3.05) is 13.2 Å². The van der Waals surface area contributed by atoms with Crippen LogP contribution < -0.4 is 10.1 Å². The molecule has 0 aliphatic rings. The van der Waals surface area contributed by atoms with Crippen LogP contribution in [0.5, 0.6) is 5.75 Å². The second kappa shape index (κ2) is 10.2. The van der Waals surface area contributed by atoms with Crippen LogP contribution >= 0.6 is 0 Å². The molecule has 0 saturated heterocycles. The topological polar surface area (TPSA) is 45.0 Å². The fourth-order valence-electron chi connectivity index (χ4n) is 2.37. The van der Waals surface area contributed by atoms with Crippen LogP contribution in [0.3, 0.4) is 0 Å². The molecular formula is C18H28N2O. The molecule has 2 atom stereocenters. The van der Waals surface area contributed by atoms with Gasteiger partial charge in [-0.3, -0.25) is 0 Å². The zero-order valence-corrected chi connectivity index (χ0v) is 13.6. The molecule has 0 amide bonds. The van der Waals surface area contributed by atoms with Gasteiger partial charge in [-0.25, -0.2) is 0 Å². The van der Waals surface area contributed by atoms with Crippen molar-refractivity contribution in [3.63, 3.8) is 0 Å². The maximum atomic E-state index is 8.49. The van der Waals surface area contributed by atoms with Crippen molar-refractivity contribution >= 4 is 0 Å². The SMILES string of the molecule is CCCCC(CC)CNC(C)c1ccc(OCC#N)cc1. The van der Waals surface area contributed by atoms with E-state index in [0.29, 0.717) is 6.04 Å². The number of nitrogens with one attached hydrogen (secondary N) is 1. The third-order valence-electron chi connectivity index (χ3n) is 3.94. The predicted molar refractivity (Wildman–Crippen MR) is 87.3 cm³/mol. The van der Waals surface area contributed by atoms with Gasteiger partial charge in [0.2, 0.25) is 0 Å². The summed E-state index contributed by atoms with van der Waals surface area (Å²) in [4.78, 5) is 0. The highest BCUT2D eigenvalue weighted by molar-refractivity contribution is 5.29. The normalized spacial score (nSPS) is 13.4. The molecule has 1 N–H and O–H groups in total. The number of hydrogen-bond donors (Lipinski definition) is 1. The van der Waals surface area contributed by atoms with Gasteiger partial charge in [-0.1, -0.05) is 45.2 Å². The number of nitrogens with zero attached hydrogens (tertiary/aromatic N) is 1. The van der Waals surface area contributed by atoms with Gasteiger partial charge in [0.15, 0.2) is 6.61 Å². The van der Waals surface area contributed by atoms with E-state index >= 15 is 0 Å². The van der Waals surface area contributed by atoms with Gasteiger partial charge in [0, 0.05) is 6.04 Å². The lowest BCUT2D eigenvalue weighted by atomic mass is 9.98. The van der Waals surface area contributed by atoms with Crippen LogP contribution in [-0.4, -0.2) is 13.2 Å². The van der Waals surface area contributed by atoms with Crippen LogP contribution in [-0.2, 0) is 0 Å². The van der Waals surface area contributed by atoms with E-state index in [-0.39, 0.29) is 6.61 Å². The molecule has 0 fully saturated rings. The van der Waals surface area contributed by atoms with Crippen LogP contribution in [0.15, 0.2) is 24.3 Å². The monoisotopic (exact) mass is 288 g/mol. The summed E-state index contributed by atoms with van der Waals surface area (Å²) < 4.78 is 5.27. The van der Waals surface area contributed by atoms with Crippen LogP contribution in [0, 0.1) is 17.2 Å². The van der Waals surface area contributed by atoms with Gasteiger partial charge in [-0.2, -0.15) is 5.26 Å². The van der Waals surface area contributed by atoms with E-state index in [9.17, 15) is 0 Å². The molecule has 116 valence electrons. The summed E-state index contributed by atoms with van der Waals surface area (Å²) in [6, 6.07) is 10.3. The molecule has 0 heterocycles. The molecule has 0 spiro atoms. The number of ether oxygens (including phenoxy) is 1. The second-order valence-corrected chi connectivity index (χ2v) is 5.56. The summed E-state index contributed by atoms with van der Waals surface area (Å²) in [5, 5.41) is 12.1. The molecule has 1 aromatic rings. The van der Waals surface area contributed by atoms with Gasteiger partial charge in [-0.05, 0) is 43.5 Å². The highest BCUT2D eigenvalue weighted by atomic mass is 16.5. The minimum atomic E-state index is 0.1000. The number of nitriles is 1. The van der Waals surface area contributed by atoms with Crippen LogP contribution in [0.25, 0.3) is 0 Å². The first-order chi connectivity index (χ1) is 10.2. The fraction of sp³-hybridized carbons (Fsp3) is 0.611. The van der Waals surface area contributed by atoms with E-state index in [1.165, 1.54) is 31.2 Å². The second-order valence-electron chi connectivity index (χ2n) is 5.56. The summed E-state index contributed by atoms with van der Waals surface area (Å²) in [6.07, 6.45) is 5.14. The van der Waals surface area contributed by atoms with Gasteiger partial charge < -0.3 is 10.1 Å². The third kappa shape index (κ3) is 6.64. The van der Waals surface area contributed by atoms with Crippen molar-refractivity contribution in [2.24, 2.45) is 5.92 Å². The summed E-state index contributed by atoms with van der Waals surface area (Å²) in [7, 11) is 0. The van der Waals surface area contributed by atoms with E-state index < -0.39 is 0 Å². The predicted octanol–water partition coefficient (Wildman–Crippen LogP) is 4.46. The van der Waals surface area contributed by atoms with Gasteiger partial charge in [0.1, 0.15) is 11.8 Å². The Morgan fingerprint density at radius 3 is 2.52 bits per heavy atom. The Hall–Kier alpha value is -1.53.